The van der Waals surface area contributed by atoms with E-state index in [9.17, 15) is 18.9 Å². The topological polar surface area (TPSA) is 99.7 Å². The minimum atomic E-state index is -3.12. The zero-order valence-corrected chi connectivity index (χ0v) is 10.3. The molecule has 8 nitrogen and oxygen atoms in total. The lowest BCUT2D eigenvalue weighted by molar-refractivity contribution is -0.385. The largest absolute Gasteiger partial charge is 0.471 e. The van der Waals surface area contributed by atoms with Gasteiger partial charge >= 0.3 is 6.61 Å². The standard InChI is InChI=1S/C11H9F2N3O5/c12-11(13)21-9-3-1-2-8(16(18)19)7(9)6-20-10-4-5-15(17)14-10/h1-5,11,17H,6H2. The summed E-state index contributed by atoms with van der Waals surface area (Å²) < 4.78 is 34.0. The summed E-state index contributed by atoms with van der Waals surface area (Å²) in [4.78, 5) is 10.7. The van der Waals surface area contributed by atoms with Crippen molar-refractivity contribution in [2.24, 2.45) is 0 Å². The first-order valence-corrected chi connectivity index (χ1v) is 5.56. The van der Waals surface area contributed by atoms with Gasteiger partial charge in [-0.2, -0.15) is 8.78 Å². The van der Waals surface area contributed by atoms with Gasteiger partial charge in [0.25, 0.3) is 5.69 Å². The molecule has 0 saturated heterocycles. The normalized spacial score (nSPS) is 10.6. The maximum atomic E-state index is 12.3. The van der Waals surface area contributed by atoms with Gasteiger partial charge in [-0.05, 0) is 6.07 Å². The van der Waals surface area contributed by atoms with Crippen molar-refractivity contribution >= 4 is 5.69 Å². The summed E-state index contributed by atoms with van der Waals surface area (Å²) in [6.07, 6.45) is 1.17. The van der Waals surface area contributed by atoms with Crippen LogP contribution < -0.4 is 9.47 Å². The molecule has 1 aromatic carbocycles. The number of halogens is 2. The van der Waals surface area contributed by atoms with Crippen LogP contribution in [0.1, 0.15) is 5.56 Å². The Bertz CT molecular complexity index is 647. The van der Waals surface area contributed by atoms with Crippen molar-refractivity contribution in [2.75, 3.05) is 0 Å². The van der Waals surface area contributed by atoms with E-state index in [0.29, 0.717) is 4.85 Å². The average Bonchev–Trinajstić information content (AvgIpc) is 2.82. The van der Waals surface area contributed by atoms with E-state index in [1.54, 1.807) is 0 Å². The number of hydrogen-bond donors (Lipinski definition) is 1. The Hall–Kier alpha value is -2.91. The zero-order valence-electron chi connectivity index (χ0n) is 10.3. The molecule has 10 heteroatoms. The van der Waals surface area contributed by atoms with E-state index in [-0.39, 0.29) is 17.2 Å². The van der Waals surface area contributed by atoms with Gasteiger partial charge in [-0.3, -0.25) is 10.1 Å². The van der Waals surface area contributed by atoms with Crippen LogP contribution in [0.5, 0.6) is 11.6 Å². The minimum absolute atomic E-state index is 0.0290. The van der Waals surface area contributed by atoms with E-state index in [2.05, 4.69) is 9.84 Å². The van der Waals surface area contributed by atoms with E-state index in [1.807, 2.05) is 0 Å². The molecule has 2 rings (SSSR count). The SMILES string of the molecule is O=[N+]([O-])c1cccc(OC(F)F)c1COc1ccn(O)n1. The Labute approximate surface area is 116 Å². The summed E-state index contributed by atoms with van der Waals surface area (Å²) in [5.41, 5.74) is -0.577. The highest BCUT2D eigenvalue weighted by atomic mass is 19.3. The highest BCUT2D eigenvalue weighted by molar-refractivity contribution is 5.49. The van der Waals surface area contributed by atoms with Gasteiger partial charge in [0.05, 0.1) is 11.1 Å². The molecule has 0 amide bonds. The monoisotopic (exact) mass is 301 g/mol. The molecule has 0 spiro atoms. The fraction of sp³-hybridized carbons (Fsp3) is 0.182. The quantitative estimate of drug-likeness (QED) is 0.499. The number of nitro benzene ring substituents is 1. The second kappa shape index (κ2) is 6.03. The lowest BCUT2D eigenvalue weighted by Gasteiger charge is -2.11. The van der Waals surface area contributed by atoms with Crippen molar-refractivity contribution in [3.8, 4) is 11.6 Å². The molecule has 0 aliphatic carbocycles. The second-order valence-electron chi connectivity index (χ2n) is 3.75. The number of alkyl halides is 2. The minimum Gasteiger partial charge on any atom is -0.471 e. The summed E-state index contributed by atoms with van der Waals surface area (Å²) in [5.74, 6) is -0.388. The maximum Gasteiger partial charge on any atom is 0.387 e. The van der Waals surface area contributed by atoms with Crippen LogP contribution in [0.4, 0.5) is 14.5 Å². The Balaban J connectivity index is 2.27. The van der Waals surface area contributed by atoms with Crippen LogP contribution >= 0.6 is 0 Å². The maximum absolute atomic E-state index is 12.3. The third-order valence-electron chi connectivity index (χ3n) is 2.44. The summed E-state index contributed by atoms with van der Waals surface area (Å²) in [6.45, 7) is -3.54. The predicted molar refractivity (Wildman–Crippen MR) is 63.5 cm³/mol. The third kappa shape index (κ3) is 3.55. The van der Waals surface area contributed by atoms with Crippen LogP contribution in [0.3, 0.4) is 0 Å². The van der Waals surface area contributed by atoms with Gasteiger partial charge in [-0.1, -0.05) is 11.2 Å². The van der Waals surface area contributed by atoms with Crippen molar-refractivity contribution < 1.29 is 28.4 Å². The molecule has 0 bridgehead atoms. The number of hydrogen-bond acceptors (Lipinski definition) is 6. The lowest BCUT2D eigenvalue weighted by Crippen LogP contribution is -2.08. The van der Waals surface area contributed by atoms with E-state index in [1.165, 1.54) is 24.4 Å². The molecule has 0 aliphatic heterocycles. The van der Waals surface area contributed by atoms with Crippen LogP contribution in [-0.2, 0) is 6.61 Å². The highest BCUT2D eigenvalue weighted by Crippen LogP contribution is 2.30. The number of nitro groups is 1. The Kier molecular flexibility index (Phi) is 4.16. The van der Waals surface area contributed by atoms with Crippen molar-refractivity contribution in [1.29, 1.82) is 0 Å². The zero-order chi connectivity index (χ0) is 15.4. The fourth-order valence-electron chi connectivity index (χ4n) is 1.60. The third-order valence-corrected chi connectivity index (χ3v) is 2.44. The van der Waals surface area contributed by atoms with E-state index < -0.39 is 23.8 Å². The molecule has 0 aliphatic rings. The van der Waals surface area contributed by atoms with Crippen molar-refractivity contribution in [1.82, 2.24) is 9.94 Å². The van der Waals surface area contributed by atoms with Crippen LogP contribution in [0.2, 0.25) is 0 Å². The van der Waals surface area contributed by atoms with Crippen LogP contribution in [0, 0.1) is 10.1 Å². The van der Waals surface area contributed by atoms with E-state index in [0.717, 1.165) is 6.07 Å². The van der Waals surface area contributed by atoms with Gasteiger partial charge in [-0.25, -0.2) is 0 Å². The summed E-state index contributed by atoms with van der Waals surface area (Å²) in [5, 5.41) is 23.4. The van der Waals surface area contributed by atoms with Gasteiger partial charge in [-0.15, -0.1) is 4.85 Å². The molecule has 0 unspecified atom stereocenters. The molecule has 1 N–H and O–H groups in total. The summed E-state index contributed by atoms with van der Waals surface area (Å²) in [6, 6.07) is 4.83. The van der Waals surface area contributed by atoms with Crippen LogP contribution in [-0.4, -0.2) is 26.7 Å². The Morgan fingerprint density at radius 2 is 2.19 bits per heavy atom. The highest BCUT2D eigenvalue weighted by Gasteiger charge is 2.21. The van der Waals surface area contributed by atoms with Gasteiger partial charge in [0, 0.05) is 12.1 Å². The van der Waals surface area contributed by atoms with E-state index in [4.69, 9.17) is 9.94 Å². The van der Waals surface area contributed by atoms with Gasteiger partial charge < -0.3 is 14.7 Å². The average molecular weight is 301 g/mol. The van der Waals surface area contributed by atoms with Crippen LogP contribution in [0.25, 0.3) is 0 Å². The molecule has 0 fully saturated rings. The van der Waals surface area contributed by atoms with Crippen molar-refractivity contribution in [2.45, 2.75) is 13.2 Å². The lowest BCUT2D eigenvalue weighted by atomic mass is 10.1. The van der Waals surface area contributed by atoms with Crippen molar-refractivity contribution in [3.05, 3.63) is 46.1 Å². The number of rotatable bonds is 6. The van der Waals surface area contributed by atoms with Crippen molar-refractivity contribution in [3.63, 3.8) is 0 Å². The molecule has 2 aromatic rings. The van der Waals surface area contributed by atoms with Gasteiger partial charge in [0.1, 0.15) is 17.9 Å². The molecular formula is C11H9F2N3O5. The molecule has 21 heavy (non-hydrogen) atoms. The summed E-state index contributed by atoms with van der Waals surface area (Å²) in [7, 11) is 0. The first-order chi connectivity index (χ1) is 9.97. The summed E-state index contributed by atoms with van der Waals surface area (Å²) >= 11 is 0. The molecule has 0 radical (unpaired) electrons. The van der Waals surface area contributed by atoms with Crippen LogP contribution in [0.15, 0.2) is 30.5 Å². The molecule has 0 saturated carbocycles. The molecule has 1 heterocycles. The Morgan fingerprint density at radius 3 is 2.76 bits per heavy atom. The first-order valence-electron chi connectivity index (χ1n) is 5.56. The predicted octanol–water partition coefficient (Wildman–Crippen LogP) is 2.21. The molecule has 0 atom stereocenters. The number of ether oxygens (including phenoxy) is 2. The fourth-order valence-corrected chi connectivity index (χ4v) is 1.60. The molecule has 1 aromatic heterocycles. The number of aromatic nitrogens is 2. The number of benzene rings is 1. The molecular weight excluding hydrogens is 292 g/mol. The number of nitrogens with zero attached hydrogens (tertiary/aromatic N) is 3. The van der Waals surface area contributed by atoms with E-state index >= 15 is 0 Å². The first kappa shape index (κ1) is 14.5. The van der Waals surface area contributed by atoms with Gasteiger partial charge in [0.2, 0.25) is 5.88 Å². The second-order valence-corrected chi connectivity index (χ2v) is 3.75. The van der Waals surface area contributed by atoms with Gasteiger partial charge in [0.15, 0.2) is 0 Å². The molecule has 112 valence electrons. The Morgan fingerprint density at radius 1 is 1.43 bits per heavy atom. The smallest absolute Gasteiger partial charge is 0.387 e.